The molecule has 0 aliphatic heterocycles. The smallest absolute Gasteiger partial charge is 0.241 e. The minimum absolute atomic E-state index is 0.0119. The highest BCUT2D eigenvalue weighted by Gasteiger charge is 2.29. The number of benzene rings is 2. The first-order chi connectivity index (χ1) is 15.1. The van der Waals surface area contributed by atoms with Gasteiger partial charge in [-0.1, -0.05) is 13.8 Å². The molecule has 2 rings (SSSR count). The molecule has 176 valence electrons. The van der Waals surface area contributed by atoms with Gasteiger partial charge in [0.1, 0.15) is 23.3 Å². The normalized spacial score (nSPS) is 13.3. The largest absolute Gasteiger partial charge is 0.497 e. The highest BCUT2D eigenvalue weighted by atomic mass is 32.2. The molecule has 32 heavy (non-hydrogen) atoms. The molecule has 2 atom stereocenters. The van der Waals surface area contributed by atoms with Gasteiger partial charge in [-0.2, -0.15) is 4.72 Å². The molecule has 0 aliphatic carbocycles. The van der Waals surface area contributed by atoms with Gasteiger partial charge in [-0.05, 0) is 48.4 Å². The third kappa shape index (κ3) is 6.35. The van der Waals surface area contributed by atoms with E-state index in [4.69, 9.17) is 14.2 Å². The van der Waals surface area contributed by atoms with Crippen molar-refractivity contribution in [2.75, 3.05) is 27.9 Å². The first kappa shape index (κ1) is 25.4. The second-order valence-corrected chi connectivity index (χ2v) is 9.10. The lowest BCUT2D eigenvalue weighted by Gasteiger charge is -2.23. The quantitative estimate of drug-likeness (QED) is 0.462. The first-order valence-electron chi connectivity index (χ1n) is 9.97. The van der Waals surface area contributed by atoms with E-state index in [0.29, 0.717) is 22.8 Å². The number of aliphatic hydroxyl groups excluding tert-OH is 1. The average Bonchev–Trinajstić information content (AvgIpc) is 2.80. The van der Waals surface area contributed by atoms with Crippen LogP contribution in [0.5, 0.6) is 17.2 Å². The molecule has 2 aromatic carbocycles. The van der Waals surface area contributed by atoms with Gasteiger partial charge < -0.3 is 24.6 Å². The average molecular weight is 467 g/mol. The van der Waals surface area contributed by atoms with Crippen molar-refractivity contribution in [1.82, 2.24) is 10.0 Å². The number of carbonyl (C=O) groups is 1. The standard InChI is InChI=1S/C22H30N2O7S/c1-14(2)21(24-32(27,28)17-9-6-15(29-3)7-10-17)22(26)23-13-19(25)18-12-16(30-4)8-11-20(18)31-5/h6-12,14,19,21,24-25H,13H2,1-5H3,(H,23,26)/t19?,21-/m0/s1. The summed E-state index contributed by atoms with van der Waals surface area (Å²) in [6.45, 7) is 3.31. The van der Waals surface area contributed by atoms with Gasteiger partial charge in [-0.15, -0.1) is 0 Å². The Balaban J connectivity index is 2.12. The zero-order valence-electron chi connectivity index (χ0n) is 18.8. The maximum Gasteiger partial charge on any atom is 0.241 e. The predicted molar refractivity (Wildman–Crippen MR) is 119 cm³/mol. The number of rotatable bonds is 11. The third-order valence-electron chi connectivity index (χ3n) is 4.87. The molecule has 0 aliphatic rings. The molecule has 1 unspecified atom stereocenters. The molecule has 9 nitrogen and oxygen atoms in total. The van der Waals surface area contributed by atoms with Crippen LogP contribution in [0.4, 0.5) is 0 Å². The Morgan fingerprint density at radius 2 is 1.56 bits per heavy atom. The molecule has 10 heteroatoms. The van der Waals surface area contributed by atoms with E-state index in [9.17, 15) is 18.3 Å². The lowest BCUT2D eigenvalue weighted by molar-refractivity contribution is -0.124. The van der Waals surface area contributed by atoms with Crippen LogP contribution in [0.15, 0.2) is 47.4 Å². The lowest BCUT2D eigenvalue weighted by atomic mass is 10.0. The Morgan fingerprint density at radius 1 is 0.969 bits per heavy atom. The number of sulfonamides is 1. The number of aliphatic hydroxyl groups is 1. The van der Waals surface area contributed by atoms with E-state index >= 15 is 0 Å². The zero-order valence-corrected chi connectivity index (χ0v) is 19.6. The van der Waals surface area contributed by atoms with E-state index < -0.39 is 28.1 Å². The molecule has 2 aromatic rings. The summed E-state index contributed by atoms with van der Waals surface area (Å²) in [5.41, 5.74) is 0.437. The van der Waals surface area contributed by atoms with Crippen LogP contribution >= 0.6 is 0 Å². The molecule has 0 bridgehead atoms. The van der Waals surface area contributed by atoms with Crippen molar-refractivity contribution in [1.29, 1.82) is 0 Å². The molecule has 0 heterocycles. The minimum Gasteiger partial charge on any atom is -0.497 e. The molecular weight excluding hydrogens is 436 g/mol. The number of methoxy groups -OCH3 is 3. The van der Waals surface area contributed by atoms with Crippen LogP contribution in [-0.2, 0) is 14.8 Å². The Hall–Kier alpha value is -2.82. The summed E-state index contributed by atoms with van der Waals surface area (Å²) in [6.07, 6.45) is -1.09. The SMILES string of the molecule is COc1ccc(S(=O)(=O)N[C@H](C(=O)NCC(O)c2cc(OC)ccc2OC)C(C)C)cc1. The molecule has 3 N–H and O–H groups in total. The topological polar surface area (TPSA) is 123 Å². The van der Waals surface area contributed by atoms with Crippen LogP contribution in [0.2, 0.25) is 0 Å². The van der Waals surface area contributed by atoms with Gasteiger partial charge in [0.25, 0.3) is 0 Å². The maximum atomic E-state index is 12.8. The summed E-state index contributed by atoms with van der Waals surface area (Å²) in [7, 11) is 0.506. The van der Waals surface area contributed by atoms with Crippen LogP contribution in [0.1, 0.15) is 25.5 Å². The predicted octanol–water partition coefficient (Wildman–Crippen LogP) is 1.87. The van der Waals surface area contributed by atoms with Gasteiger partial charge in [0.15, 0.2) is 0 Å². The molecule has 0 saturated heterocycles. The van der Waals surface area contributed by atoms with Crippen molar-refractivity contribution in [3.63, 3.8) is 0 Å². The van der Waals surface area contributed by atoms with Crippen molar-refractivity contribution < 1.29 is 32.5 Å². The number of hydrogen-bond donors (Lipinski definition) is 3. The summed E-state index contributed by atoms with van der Waals surface area (Å²) in [4.78, 5) is 12.8. The van der Waals surface area contributed by atoms with Gasteiger partial charge >= 0.3 is 0 Å². The Kier molecular flexibility index (Phi) is 8.88. The summed E-state index contributed by atoms with van der Waals surface area (Å²) in [5, 5.41) is 13.2. The molecule has 0 fully saturated rings. The van der Waals surface area contributed by atoms with Crippen LogP contribution in [0.3, 0.4) is 0 Å². The van der Waals surface area contributed by atoms with Crippen LogP contribution in [0.25, 0.3) is 0 Å². The molecule has 0 radical (unpaired) electrons. The fourth-order valence-electron chi connectivity index (χ4n) is 3.00. The van der Waals surface area contributed by atoms with E-state index in [1.54, 1.807) is 32.0 Å². The lowest BCUT2D eigenvalue weighted by Crippen LogP contribution is -2.50. The zero-order chi connectivity index (χ0) is 23.9. The second-order valence-electron chi connectivity index (χ2n) is 7.39. The third-order valence-corrected chi connectivity index (χ3v) is 6.32. The monoisotopic (exact) mass is 466 g/mol. The number of hydrogen-bond acceptors (Lipinski definition) is 7. The number of carbonyl (C=O) groups excluding carboxylic acids is 1. The van der Waals surface area contributed by atoms with Crippen molar-refractivity contribution in [2.24, 2.45) is 5.92 Å². The summed E-state index contributed by atoms with van der Waals surface area (Å²) < 4.78 is 43.4. The van der Waals surface area contributed by atoms with E-state index in [0.717, 1.165) is 0 Å². The van der Waals surface area contributed by atoms with Gasteiger partial charge in [0, 0.05) is 12.1 Å². The fourth-order valence-corrected chi connectivity index (χ4v) is 4.34. The molecule has 0 aromatic heterocycles. The second kappa shape index (κ2) is 11.2. The van der Waals surface area contributed by atoms with Crippen LogP contribution < -0.4 is 24.2 Å². The number of ether oxygens (including phenoxy) is 3. The van der Waals surface area contributed by atoms with Crippen molar-refractivity contribution in [2.45, 2.75) is 30.9 Å². The van der Waals surface area contributed by atoms with Crippen LogP contribution in [0, 0.1) is 5.92 Å². The minimum atomic E-state index is -3.95. The molecule has 0 saturated carbocycles. The van der Waals surface area contributed by atoms with E-state index in [-0.39, 0.29) is 17.4 Å². The maximum absolute atomic E-state index is 12.8. The van der Waals surface area contributed by atoms with Gasteiger partial charge in [0.2, 0.25) is 15.9 Å². The molecule has 1 amide bonds. The molecular formula is C22H30N2O7S. The highest BCUT2D eigenvalue weighted by molar-refractivity contribution is 7.89. The van der Waals surface area contributed by atoms with E-state index in [1.165, 1.54) is 45.6 Å². The van der Waals surface area contributed by atoms with Gasteiger partial charge in [-0.25, -0.2) is 8.42 Å². The van der Waals surface area contributed by atoms with E-state index in [1.807, 2.05) is 0 Å². The van der Waals surface area contributed by atoms with Crippen LogP contribution in [-0.4, -0.2) is 53.3 Å². The summed E-state index contributed by atoms with van der Waals surface area (Å²) >= 11 is 0. The van der Waals surface area contributed by atoms with Crippen molar-refractivity contribution in [3.05, 3.63) is 48.0 Å². The fraction of sp³-hybridized carbons (Fsp3) is 0.409. The Labute approximate surface area is 188 Å². The number of nitrogens with one attached hydrogen (secondary N) is 2. The highest BCUT2D eigenvalue weighted by Crippen LogP contribution is 2.29. The Bertz CT molecular complexity index is 1010. The number of amides is 1. The first-order valence-corrected chi connectivity index (χ1v) is 11.4. The summed E-state index contributed by atoms with van der Waals surface area (Å²) in [6, 6.07) is 9.76. The van der Waals surface area contributed by atoms with Gasteiger partial charge in [-0.3, -0.25) is 4.79 Å². The Morgan fingerprint density at radius 3 is 2.09 bits per heavy atom. The summed E-state index contributed by atoms with van der Waals surface area (Å²) in [5.74, 6) is 0.584. The van der Waals surface area contributed by atoms with Crippen molar-refractivity contribution >= 4 is 15.9 Å². The van der Waals surface area contributed by atoms with E-state index in [2.05, 4.69) is 10.0 Å². The van der Waals surface area contributed by atoms with Gasteiger partial charge in [0.05, 0.1) is 32.3 Å². The van der Waals surface area contributed by atoms with Crippen molar-refractivity contribution in [3.8, 4) is 17.2 Å². The molecule has 0 spiro atoms.